The molecule has 9 heteroatoms. The largest absolute Gasteiger partial charge is 0.335 e. The average Bonchev–Trinajstić information content (AvgIpc) is 3.32. The molecule has 25 heavy (non-hydrogen) atoms. The Labute approximate surface area is 154 Å². The van der Waals surface area contributed by atoms with Gasteiger partial charge in [-0.1, -0.05) is 0 Å². The van der Waals surface area contributed by atoms with Crippen molar-refractivity contribution in [3.8, 4) is 0 Å². The number of anilines is 1. The zero-order valence-electron chi connectivity index (χ0n) is 14.3. The molecule has 1 aliphatic rings. The van der Waals surface area contributed by atoms with Gasteiger partial charge in [-0.15, -0.1) is 16.4 Å². The lowest BCUT2D eigenvalue weighted by molar-refractivity contribution is -0.131. The van der Waals surface area contributed by atoms with E-state index in [1.54, 1.807) is 18.8 Å². The molecule has 7 nitrogen and oxygen atoms in total. The summed E-state index contributed by atoms with van der Waals surface area (Å²) < 4.78 is 0. The van der Waals surface area contributed by atoms with E-state index in [9.17, 15) is 9.59 Å². The van der Waals surface area contributed by atoms with E-state index in [1.807, 2.05) is 23.3 Å². The van der Waals surface area contributed by atoms with Crippen molar-refractivity contribution in [2.24, 2.45) is 7.05 Å². The van der Waals surface area contributed by atoms with Crippen molar-refractivity contribution in [3.63, 3.8) is 0 Å². The third-order valence-corrected chi connectivity index (χ3v) is 5.91. The maximum atomic E-state index is 12.4. The Hall–Kier alpha value is -1.87. The highest BCUT2D eigenvalue weighted by atomic mass is 32.2. The van der Waals surface area contributed by atoms with Crippen LogP contribution in [0.1, 0.15) is 39.9 Å². The van der Waals surface area contributed by atoms with Crippen LogP contribution in [-0.2, 0) is 11.8 Å². The summed E-state index contributed by atoms with van der Waals surface area (Å²) in [7, 11) is 1.70. The monoisotopic (exact) mass is 379 g/mol. The van der Waals surface area contributed by atoms with Crippen LogP contribution in [0.3, 0.4) is 0 Å². The Balaban J connectivity index is 1.67. The highest BCUT2D eigenvalue weighted by molar-refractivity contribution is 7.98. The summed E-state index contributed by atoms with van der Waals surface area (Å²) >= 11 is 3.13. The summed E-state index contributed by atoms with van der Waals surface area (Å²) in [6, 6.07) is 3.87. The van der Waals surface area contributed by atoms with Crippen molar-refractivity contribution in [2.45, 2.75) is 25.3 Å². The number of carbonyl (C=O) groups excluding carboxylic acids is 2. The molecule has 1 fully saturated rings. The third kappa shape index (κ3) is 4.21. The van der Waals surface area contributed by atoms with E-state index >= 15 is 0 Å². The molecule has 2 amide bonds. The number of aryl methyl sites for hydroxylation is 1. The Morgan fingerprint density at radius 1 is 1.44 bits per heavy atom. The number of thiophene rings is 1. The Kier molecular flexibility index (Phi) is 5.74. The number of rotatable bonds is 6. The molecule has 1 unspecified atom stereocenters. The molecular weight excluding hydrogens is 358 g/mol. The lowest BCUT2D eigenvalue weighted by Crippen LogP contribution is -2.30. The third-order valence-electron chi connectivity index (χ3n) is 4.11. The summed E-state index contributed by atoms with van der Waals surface area (Å²) in [6.07, 6.45) is 6.06. The number of thioether (sulfide) groups is 1. The maximum absolute atomic E-state index is 12.4. The van der Waals surface area contributed by atoms with Crippen molar-refractivity contribution in [1.82, 2.24) is 19.9 Å². The van der Waals surface area contributed by atoms with E-state index < -0.39 is 0 Å². The van der Waals surface area contributed by atoms with E-state index in [4.69, 9.17) is 0 Å². The fourth-order valence-corrected chi connectivity index (χ4v) is 4.36. The molecular formula is C16H21N5O2S2. The first-order valence-electron chi connectivity index (χ1n) is 8.14. The van der Waals surface area contributed by atoms with Gasteiger partial charge in [0.15, 0.2) is 5.82 Å². The van der Waals surface area contributed by atoms with Gasteiger partial charge in [0, 0.05) is 30.6 Å². The first-order valence-corrected chi connectivity index (χ1v) is 10.4. The average molecular weight is 380 g/mol. The fourth-order valence-electron chi connectivity index (χ4n) is 2.93. The summed E-state index contributed by atoms with van der Waals surface area (Å²) in [5.74, 6) is 1.28. The minimum absolute atomic E-state index is 0.0948. The fraction of sp³-hybridized carbons (Fsp3) is 0.500. The highest BCUT2D eigenvalue weighted by Gasteiger charge is 2.31. The molecule has 2 aromatic rings. The molecule has 2 aromatic heterocycles. The highest BCUT2D eigenvalue weighted by Crippen LogP contribution is 2.36. The van der Waals surface area contributed by atoms with Crippen LogP contribution in [0.2, 0.25) is 0 Å². The summed E-state index contributed by atoms with van der Waals surface area (Å²) in [4.78, 5) is 29.8. The van der Waals surface area contributed by atoms with E-state index in [0.29, 0.717) is 17.1 Å². The molecule has 3 rings (SSSR count). The SMILES string of the molecule is CSCCC(=O)N1CCCC1c1ccc(C(=O)Nc2cnn(C)n2)s1. The van der Waals surface area contributed by atoms with E-state index in [2.05, 4.69) is 15.5 Å². The van der Waals surface area contributed by atoms with Gasteiger partial charge < -0.3 is 10.2 Å². The van der Waals surface area contributed by atoms with Gasteiger partial charge in [-0.3, -0.25) is 9.59 Å². The number of amides is 2. The second-order valence-electron chi connectivity index (χ2n) is 5.86. The number of carbonyl (C=O) groups is 2. The second-order valence-corrected chi connectivity index (χ2v) is 7.96. The number of nitrogens with zero attached hydrogens (tertiary/aromatic N) is 4. The molecule has 0 aromatic carbocycles. The summed E-state index contributed by atoms with van der Waals surface area (Å²) in [5, 5.41) is 10.7. The van der Waals surface area contributed by atoms with Gasteiger partial charge in [-0.25, -0.2) is 0 Å². The minimum atomic E-state index is -0.199. The topological polar surface area (TPSA) is 80.1 Å². The van der Waals surface area contributed by atoms with Crippen LogP contribution in [0.25, 0.3) is 0 Å². The van der Waals surface area contributed by atoms with Gasteiger partial charge in [-0.05, 0) is 31.2 Å². The molecule has 134 valence electrons. The Bertz CT molecular complexity index is 757. The van der Waals surface area contributed by atoms with Gasteiger partial charge in [0.2, 0.25) is 5.91 Å². The van der Waals surface area contributed by atoms with Gasteiger partial charge in [0.1, 0.15) is 0 Å². The molecule has 0 radical (unpaired) electrons. The molecule has 0 saturated carbocycles. The van der Waals surface area contributed by atoms with Crippen LogP contribution >= 0.6 is 23.1 Å². The van der Waals surface area contributed by atoms with Crippen LogP contribution < -0.4 is 5.32 Å². The predicted octanol–water partition coefficient (Wildman–Crippen LogP) is 2.55. The minimum Gasteiger partial charge on any atom is -0.335 e. The van der Waals surface area contributed by atoms with Gasteiger partial charge >= 0.3 is 0 Å². The normalized spacial score (nSPS) is 17.0. The maximum Gasteiger partial charge on any atom is 0.266 e. The van der Waals surface area contributed by atoms with Crippen molar-refractivity contribution >= 4 is 40.7 Å². The molecule has 0 aliphatic carbocycles. The summed E-state index contributed by atoms with van der Waals surface area (Å²) in [6.45, 7) is 0.802. The number of hydrogen-bond donors (Lipinski definition) is 1. The van der Waals surface area contributed by atoms with Crippen molar-refractivity contribution in [2.75, 3.05) is 23.9 Å². The molecule has 0 spiro atoms. The number of aromatic nitrogens is 3. The molecule has 1 atom stereocenters. The first kappa shape index (κ1) is 17.9. The smallest absolute Gasteiger partial charge is 0.266 e. The van der Waals surface area contributed by atoms with Gasteiger partial charge in [-0.2, -0.15) is 21.7 Å². The molecule has 1 saturated heterocycles. The van der Waals surface area contributed by atoms with Crippen molar-refractivity contribution in [3.05, 3.63) is 28.1 Å². The van der Waals surface area contributed by atoms with Crippen LogP contribution in [0, 0.1) is 0 Å². The van der Waals surface area contributed by atoms with Crippen molar-refractivity contribution < 1.29 is 9.59 Å². The number of nitrogens with one attached hydrogen (secondary N) is 1. The van der Waals surface area contributed by atoms with Crippen LogP contribution in [0.5, 0.6) is 0 Å². The molecule has 1 aliphatic heterocycles. The van der Waals surface area contributed by atoms with E-state index in [-0.39, 0.29) is 17.9 Å². The van der Waals surface area contributed by atoms with Crippen LogP contribution in [-0.4, -0.2) is 50.3 Å². The standard InChI is InChI=1S/C16H21N5O2S2/c1-20-17-10-14(19-20)18-16(23)13-6-5-12(25-13)11-4-3-8-21(11)15(22)7-9-24-2/h5-6,10-11H,3-4,7-9H2,1-2H3,(H,18,19,23). The Morgan fingerprint density at radius 2 is 2.28 bits per heavy atom. The van der Waals surface area contributed by atoms with Gasteiger partial charge in [0.25, 0.3) is 5.91 Å². The lowest BCUT2D eigenvalue weighted by Gasteiger charge is -2.23. The Morgan fingerprint density at radius 3 is 3.00 bits per heavy atom. The van der Waals surface area contributed by atoms with Crippen LogP contribution in [0.4, 0.5) is 5.82 Å². The molecule has 3 heterocycles. The molecule has 1 N–H and O–H groups in total. The number of likely N-dealkylation sites (tertiary alicyclic amines) is 1. The van der Waals surface area contributed by atoms with Crippen LogP contribution in [0.15, 0.2) is 18.3 Å². The lowest BCUT2D eigenvalue weighted by atomic mass is 10.2. The first-order chi connectivity index (χ1) is 12.1. The second kappa shape index (κ2) is 8.01. The van der Waals surface area contributed by atoms with E-state index in [1.165, 1.54) is 22.3 Å². The molecule has 0 bridgehead atoms. The zero-order valence-corrected chi connectivity index (χ0v) is 15.9. The zero-order chi connectivity index (χ0) is 17.8. The van der Waals surface area contributed by atoms with Gasteiger partial charge in [0.05, 0.1) is 17.1 Å². The van der Waals surface area contributed by atoms with E-state index in [0.717, 1.165) is 30.0 Å². The van der Waals surface area contributed by atoms with Crippen molar-refractivity contribution in [1.29, 1.82) is 0 Å². The number of hydrogen-bond acceptors (Lipinski definition) is 6. The quantitative estimate of drug-likeness (QED) is 0.834. The predicted molar refractivity (Wildman–Crippen MR) is 100.0 cm³/mol. The summed E-state index contributed by atoms with van der Waals surface area (Å²) in [5.41, 5.74) is 0.